The van der Waals surface area contributed by atoms with Gasteiger partial charge >= 0.3 is 6.36 Å². The Morgan fingerprint density at radius 2 is 1.90 bits per heavy atom. The van der Waals surface area contributed by atoms with Crippen molar-refractivity contribution in [2.75, 3.05) is 18.1 Å². The molecule has 1 aromatic rings. The molecule has 20 heavy (non-hydrogen) atoms. The van der Waals surface area contributed by atoms with E-state index in [0.29, 0.717) is 0 Å². The molecule has 108 valence electrons. The summed E-state index contributed by atoms with van der Waals surface area (Å²) in [7, 11) is 0. The van der Waals surface area contributed by atoms with Crippen molar-refractivity contribution in [2.24, 2.45) is 0 Å². The number of carbonyl (C=O) groups is 2. The number of anilines is 1. The topological polar surface area (TPSA) is 46.6 Å². The van der Waals surface area contributed by atoms with E-state index >= 15 is 0 Å². The monoisotopic (exact) mass is 355 g/mol. The van der Waals surface area contributed by atoms with Crippen molar-refractivity contribution < 1.29 is 31.9 Å². The quantitative estimate of drug-likeness (QED) is 0.618. The van der Waals surface area contributed by atoms with Crippen molar-refractivity contribution in [3.8, 4) is 0 Å². The molecule has 1 amide bonds. The first-order chi connectivity index (χ1) is 9.20. The van der Waals surface area contributed by atoms with E-state index in [4.69, 9.17) is 0 Å². The summed E-state index contributed by atoms with van der Waals surface area (Å²) in [5.41, 5.74) is -0.138. The molecule has 0 atom stereocenters. The SMILES string of the molecule is O=C1C(=O)N(CCOC(F)(F)F)c2c(Br)cc(F)cc21. The highest BCUT2D eigenvalue weighted by Gasteiger charge is 2.38. The largest absolute Gasteiger partial charge is 0.522 e. The first kappa shape index (κ1) is 14.9. The number of benzene rings is 1. The van der Waals surface area contributed by atoms with Gasteiger partial charge in [-0.3, -0.25) is 14.3 Å². The van der Waals surface area contributed by atoms with Crippen molar-refractivity contribution in [1.29, 1.82) is 0 Å². The average molecular weight is 356 g/mol. The third kappa shape index (κ3) is 2.83. The maximum Gasteiger partial charge on any atom is 0.522 e. The second-order valence-corrected chi connectivity index (χ2v) is 4.72. The van der Waals surface area contributed by atoms with Crippen molar-refractivity contribution in [2.45, 2.75) is 6.36 Å². The third-order valence-electron chi connectivity index (χ3n) is 2.56. The first-order valence-corrected chi connectivity index (χ1v) is 6.06. The molecule has 0 fully saturated rings. The molecule has 1 heterocycles. The Bertz CT molecular complexity index is 588. The third-order valence-corrected chi connectivity index (χ3v) is 3.17. The van der Waals surface area contributed by atoms with Crippen LogP contribution in [0.5, 0.6) is 0 Å². The molecule has 9 heteroatoms. The van der Waals surface area contributed by atoms with Gasteiger partial charge in [-0.1, -0.05) is 0 Å². The molecule has 0 unspecified atom stereocenters. The average Bonchev–Trinajstić information content (AvgIpc) is 2.53. The lowest BCUT2D eigenvalue weighted by Gasteiger charge is -2.18. The predicted octanol–water partition coefficient (Wildman–Crippen LogP) is 2.65. The van der Waals surface area contributed by atoms with Gasteiger partial charge in [0.15, 0.2) is 0 Å². The Balaban J connectivity index is 2.25. The van der Waals surface area contributed by atoms with Gasteiger partial charge in [-0.05, 0) is 28.1 Å². The van der Waals surface area contributed by atoms with E-state index < -0.39 is 37.0 Å². The maximum atomic E-state index is 13.2. The summed E-state index contributed by atoms with van der Waals surface area (Å²) < 4.78 is 52.5. The summed E-state index contributed by atoms with van der Waals surface area (Å²) in [5.74, 6) is -2.71. The highest BCUT2D eigenvalue weighted by molar-refractivity contribution is 9.10. The molecule has 0 bridgehead atoms. The minimum Gasteiger partial charge on any atom is -0.301 e. The van der Waals surface area contributed by atoms with Crippen molar-refractivity contribution in [3.63, 3.8) is 0 Å². The summed E-state index contributed by atoms with van der Waals surface area (Å²) in [5, 5.41) is 0. The lowest BCUT2D eigenvalue weighted by Crippen LogP contribution is -2.34. The van der Waals surface area contributed by atoms with Gasteiger partial charge in [0, 0.05) is 4.47 Å². The van der Waals surface area contributed by atoms with E-state index in [1.165, 1.54) is 0 Å². The van der Waals surface area contributed by atoms with Crippen LogP contribution in [0.25, 0.3) is 0 Å². The van der Waals surface area contributed by atoms with Crippen LogP contribution in [0.2, 0.25) is 0 Å². The van der Waals surface area contributed by atoms with Crippen molar-refractivity contribution in [1.82, 2.24) is 0 Å². The van der Waals surface area contributed by atoms with Crippen LogP contribution in [-0.2, 0) is 9.53 Å². The standard InChI is InChI=1S/C11H6BrF4NO3/c12-7-4-5(13)3-6-8(7)17(10(19)9(6)18)1-2-20-11(14,15)16/h3-4H,1-2H2. The molecule has 0 radical (unpaired) electrons. The van der Waals surface area contributed by atoms with Crippen LogP contribution in [0.1, 0.15) is 10.4 Å². The molecule has 0 aromatic heterocycles. The molecule has 1 aromatic carbocycles. The van der Waals surface area contributed by atoms with Crippen LogP contribution in [-0.4, -0.2) is 31.2 Å². The van der Waals surface area contributed by atoms with E-state index in [9.17, 15) is 27.2 Å². The fourth-order valence-corrected chi connectivity index (χ4v) is 2.47. The molecule has 0 spiro atoms. The normalized spacial score (nSPS) is 14.9. The summed E-state index contributed by atoms with van der Waals surface area (Å²) in [4.78, 5) is 24.1. The summed E-state index contributed by atoms with van der Waals surface area (Å²) in [6.45, 7) is -1.30. The minimum absolute atomic E-state index is 0.0483. The molecule has 0 saturated heterocycles. The first-order valence-electron chi connectivity index (χ1n) is 5.26. The molecule has 0 aliphatic carbocycles. The number of fused-ring (bicyclic) bond motifs is 1. The van der Waals surface area contributed by atoms with E-state index in [2.05, 4.69) is 20.7 Å². The Morgan fingerprint density at radius 3 is 2.50 bits per heavy atom. The number of amides is 1. The minimum atomic E-state index is -4.82. The second kappa shape index (κ2) is 5.13. The lowest BCUT2D eigenvalue weighted by atomic mass is 10.1. The molecular weight excluding hydrogens is 350 g/mol. The van der Waals surface area contributed by atoms with Crippen LogP contribution in [0.3, 0.4) is 0 Å². The maximum absolute atomic E-state index is 13.2. The molecule has 0 saturated carbocycles. The van der Waals surface area contributed by atoms with E-state index in [1.807, 2.05) is 0 Å². The Labute approximate surface area is 118 Å². The number of carbonyl (C=O) groups excluding carboxylic acids is 2. The number of hydrogen-bond acceptors (Lipinski definition) is 3. The number of ketones is 1. The van der Waals surface area contributed by atoms with Gasteiger partial charge in [0.25, 0.3) is 11.7 Å². The highest BCUT2D eigenvalue weighted by Crippen LogP contribution is 2.36. The van der Waals surface area contributed by atoms with E-state index in [0.717, 1.165) is 17.0 Å². The molecule has 4 nitrogen and oxygen atoms in total. The van der Waals surface area contributed by atoms with Gasteiger partial charge in [0.05, 0.1) is 24.4 Å². The zero-order valence-electron chi connectivity index (χ0n) is 9.63. The lowest BCUT2D eigenvalue weighted by molar-refractivity contribution is -0.323. The predicted molar refractivity (Wildman–Crippen MR) is 62.8 cm³/mol. The summed E-state index contributed by atoms with van der Waals surface area (Å²) >= 11 is 2.98. The number of rotatable bonds is 3. The molecular formula is C11H6BrF4NO3. The molecule has 2 rings (SSSR count). The Hall–Kier alpha value is -1.48. The van der Waals surface area contributed by atoms with Gasteiger partial charge in [0.1, 0.15) is 5.82 Å². The van der Waals surface area contributed by atoms with Crippen LogP contribution >= 0.6 is 15.9 Å². The van der Waals surface area contributed by atoms with Gasteiger partial charge < -0.3 is 4.90 Å². The van der Waals surface area contributed by atoms with E-state index in [1.54, 1.807) is 0 Å². The van der Waals surface area contributed by atoms with Crippen LogP contribution in [0.15, 0.2) is 16.6 Å². The van der Waals surface area contributed by atoms with Gasteiger partial charge in [-0.25, -0.2) is 4.39 Å². The number of ether oxygens (including phenoxy) is 1. The summed E-state index contributed by atoms with van der Waals surface area (Å²) in [6.07, 6.45) is -4.82. The summed E-state index contributed by atoms with van der Waals surface area (Å²) in [6, 6.07) is 1.88. The van der Waals surface area contributed by atoms with Crippen molar-refractivity contribution in [3.05, 3.63) is 28.0 Å². The fraction of sp³-hybridized carbons (Fsp3) is 0.273. The zero-order chi connectivity index (χ0) is 15.1. The molecule has 1 aliphatic heterocycles. The Kier molecular flexibility index (Phi) is 3.83. The number of halogens is 5. The number of alkyl halides is 3. The number of Topliss-reactive ketones (excluding diaryl/α,β-unsaturated/α-hetero) is 1. The highest BCUT2D eigenvalue weighted by atomic mass is 79.9. The smallest absolute Gasteiger partial charge is 0.301 e. The zero-order valence-corrected chi connectivity index (χ0v) is 11.2. The molecule has 0 N–H and O–H groups in total. The fourth-order valence-electron chi connectivity index (χ4n) is 1.82. The van der Waals surface area contributed by atoms with Gasteiger partial charge in [0.2, 0.25) is 0 Å². The van der Waals surface area contributed by atoms with Gasteiger partial charge in [-0.15, -0.1) is 13.2 Å². The van der Waals surface area contributed by atoms with Crippen LogP contribution in [0.4, 0.5) is 23.2 Å². The number of nitrogens with zero attached hydrogens (tertiary/aromatic N) is 1. The van der Waals surface area contributed by atoms with Crippen LogP contribution in [0, 0.1) is 5.82 Å². The Morgan fingerprint density at radius 1 is 1.25 bits per heavy atom. The number of hydrogen-bond donors (Lipinski definition) is 0. The van der Waals surface area contributed by atoms with E-state index in [-0.39, 0.29) is 15.7 Å². The second-order valence-electron chi connectivity index (χ2n) is 3.86. The van der Waals surface area contributed by atoms with Gasteiger partial charge in [-0.2, -0.15) is 0 Å². The van der Waals surface area contributed by atoms with Crippen molar-refractivity contribution >= 4 is 33.3 Å². The van der Waals surface area contributed by atoms with Crippen LogP contribution < -0.4 is 4.90 Å². The molecule has 1 aliphatic rings.